The second-order valence-corrected chi connectivity index (χ2v) is 7.87. The number of phenolic OH excluding ortho intramolecular Hbond substituents is 3. The number of rotatable bonds is 4. The van der Waals surface area contributed by atoms with Crippen molar-refractivity contribution in [3.63, 3.8) is 0 Å². The molecule has 6 heteroatoms. The van der Waals surface area contributed by atoms with Crippen molar-refractivity contribution in [2.75, 3.05) is 13.7 Å². The Kier molecular flexibility index (Phi) is 5.39. The fourth-order valence-corrected chi connectivity index (χ4v) is 4.31. The van der Waals surface area contributed by atoms with Crippen LogP contribution in [0, 0.1) is 12.7 Å². The van der Waals surface area contributed by atoms with Gasteiger partial charge in [0.15, 0.2) is 23.1 Å². The highest BCUT2D eigenvalue weighted by molar-refractivity contribution is 5.56. The van der Waals surface area contributed by atoms with E-state index in [4.69, 9.17) is 9.47 Å². The molecule has 2 unspecified atom stereocenters. The summed E-state index contributed by atoms with van der Waals surface area (Å²) in [4.78, 5) is 0. The highest BCUT2D eigenvalue weighted by Gasteiger charge is 2.35. The Morgan fingerprint density at radius 2 is 1.81 bits per heavy atom. The van der Waals surface area contributed by atoms with Crippen LogP contribution in [0.25, 0.3) is 0 Å². The van der Waals surface area contributed by atoms with E-state index in [1.54, 1.807) is 25.1 Å². The van der Waals surface area contributed by atoms with Gasteiger partial charge in [0.25, 0.3) is 0 Å². The molecule has 1 aliphatic heterocycles. The Balaban J connectivity index is 1.93. The highest BCUT2D eigenvalue weighted by Crippen LogP contribution is 2.49. The first-order valence-corrected chi connectivity index (χ1v) is 10.2. The summed E-state index contributed by atoms with van der Waals surface area (Å²) in [7, 11) is 1.50. The van der Waals surface area contributed by atoms with Gasteiger partial charge in [0.1, 0.15) is 11.5 Å². The summed E-state index contributed by atoms with van der Waals surface area (Å²) in [6, 6.07) is 11.5. The quantitative estimate of drug-likeness (QED) is 0.541. The van der Waals surface area contributed by atoms with Gasteiger partial charge in [-0.25, -0.2) is 4.39 Å². The zero-order valence-corrected chi connectivity index (χ0v) is 17.6. The van der Waals surface area contributed by atoms with Crippen LogP contribution < -0.4 is 9.47 Å². The van der Waals surface area contributed by atoms with E-state index in [0.29, 0.717) is 35.7 Å². The van der Waals surface area contributed by atoms with Crippen LogP contribution in [0.5, 0.6) is 28.7 Å². The third kappa shape index (κ3) is 3.63. The molecule has 1 aliphatic rings. The van der Waals surface area contributed by atoms with E-state index in [-0.39, 0.29) is 23.3 Å². The number of halogens is 1. The van der Waals surface area contributed by atoms with Gasteiger partial charge < -0.3 is 24.8 Å². The summed E-state index contributed by atoms with van der Waals surface area (Å²) in [5, 5.41) is 30.3. The van der Waals surface area contributed by atoms with E-state index in [0.717, 1.165) is 16.7 Å². The maximum Gasteiger partial charge on any atom is 0.165 e. The van der Waals surface area contributed by atoms with Gasteiger partial charge in [0.05, 0.1) is 13.7 Å². The van der Waals surface area contributed by atoms with E-state index in [2.05, 4.69) is 0 Å². The Morgan fingerprint density at radius 3 is 2.48 bits per heavy atom. The minimum Gasteiger partial charge on any atom is -0.508 e. The minimum atomic E-state index is -0.697. The van der Waals surface area contributed by atoms with Crippen LogP contribution in [0.4, 0.5) is 4.39 Å². The number of benzene rings is 3. The van der Waals surface area contributed by atoms with Crippen molar-refractivity contribution in [3.05, 3.63) is 76.1 Å². The average Bonchev–Trinajstić information content (AvgIpc) is 2.76. The largest absolute Gasteiger partial charge is 0.508 e. The molecule has 5 nitrogen and oxygen atoms in total. The molecule has 3 aromatic rings. The number of fused-ring (bicyclic) bond motifs is 1. The van der Waals surface area contributed by atoms with Gasteiger partial charge in [0.2, 0.25) is 0 Å². The number of hydrogen-bond donors (Lipinski definition) is 3. The Bertz CT molecular complexity index is 1120. The van der Waals surface area contributed by atoms with Crippen LogP contribution in [0.3, 0.4) is 0 Å². The van der Waals surface area contributed by atoms with Gasteiger partial charge in [-0.3, -0.25) is 0 Å². The Hall–Kier alpha value is -3.41. The summed E-state index contributed by atoms with van der Waals surface area (Å²) in [5.41, 5.74) is 3.82. The van der Waals surface area contributed by atoms with Gasteiger partial charge in [0, 0.05) is 23.5 Å². The zero-order chi connectivity index (χ0) is 22.3. The fourth-order valence-electron chi connectivity index (χ4n) is 4.31. The van der Waals surface area contributed by atoms with Crippen molar-refractivity contribution in [2.45, 2.75) is 32.1 Å². The van der Waals surface area contributed by atoms with Crippen LogP contribution in [-0.2, 0) is 6.42 Å². The maximum atomic E-state index is 14.3. The Morgan fingerprint density at radius 1 is 1.03 bits per heavy atom. The molecule has 0 saturated carbocycles. The normalized spacial score (nSPS) is 17.7. The molecule has 162 valence electrons. The third-order valence-corrected chi connectivity index (χ3v) is 6.02. The molecule has 0 saturated heterocycles. The predicted octanol–water partition coefficient (Wildman–Crippen LogP) is 5.13. The molecule has 3 aromatic carbocycles. The highest BCUT2D eigenvalue weighted by atomic mass is 19.1. The molecule has 4 rings (SSSR count). The number of aromatic hydroxyl groups is 3. The lowest BCUT2D eigenvalue weighted by Crippen LogP contribution is -2.25. The monoisotopic (exact) mass is 424 g/mol. The molecule has 2 atom stereocenters. The zero-order valence-electron chi connectivity index (χ0n) is 17.6. The molecule has 0 aromatic heterocycles. The van der Waals surface area contributed by atoms with Crippen LogP contribution in [0.1, 0.15) is 46.6 Å². The van der Waals surface area contributed by atoms with Crippen molar-refractivity contribution in [1.29, 1.82) is 0 Å². The molecule has 0 aliphatic carbocycles. The maximum absolute atomic E-state index is 14.3. The van der Waals surface area contributed by atoms with Gasteiger partial charge in [-0.15, -0.1) is 0 Å². The molecule has 3 N–H and O–H groups in total. The third-order valence-electron chi connectivity index (χ3n) is 6.02. The summed E-state index contributed by atoms with van der Waals surface area (Å²) in [6.45, 7) is 4.04. The number of methoxy groups -OCH3 is 1. The summed E-state index contributed by atoms with van der Waals surface area (Å²) >= 11 is 0. The molecule has 0 bridgehead atoms. The lowest BCUT2D eigenvalue weighted by Gasteiger charge is -2.35. The van der Waals surface area contributed by atoms with Crippen molar-refractivity contribution in [2.24, 2.45) is 0 Å². The van der Waals surface area contributed by atoms with Crippen molar-refractivity contribution < 1.29 is 29.2 Å². The second-order valence-electron chi connectivity index (χ2n) is 7.87. The molecular formula is C25H25FO5. The molecule has 31 heavy (non-hydrogen) atoms. The van der Waals surface area contributed by atoms with Gasteiger partial charge in [-0.1, -0.05) is 19.1 Å². The number of phenols is 3. The van der Waals surface area contributed by atoms with E-state index in [1.165, 1.54) is 19.2 Å². The molecule has 0 amide bonds. The van der Waals surface area contributed by atoms with Crippen LogP contribution in [0.2, 0.25) is 0 Å². The fraction of sp³-hybridized carbons (Fsp3) is 0.280. The first-order valence-electron chi connectivity index (χ1n) is 10.2. The van der Waals surface area contributed by atoms with Crippen LogP contribution in [0.15, 0.2) is 42.5 Å². The number of aryl methyl sites for hydroxylation is 2. The van der Waals surface area contributed by atoms with Crippen LogP contribution in [-0.4, -0.2) is 29.0 Å². The predicted molar refractivity (Wildman–Crippen MR) is 115 cm³/mol. The minimum absolute atomic E-state index is 0.110. The first kappa shape index (κ1) is 20.8. The summed E-state index contributed by atoms with van der Waals surface area (Å²) in [6.07, 6.45) is 0.617. The van der Waals surface area contributed by atoms with Crippen molar-refractivity contribution in [3.8, 4) is 28.7 Å². The average molecular weight is 424 g/mol. The first-order chi connectivity index (χ1) is 14.8. The number of ether oxygens (including phenoxy) is 2. The molecular weight excluding hydrogens is 399 g/mol. The smallest absolute Gasteiger partial charge is 0.165 e. The van der Waals surface area contributed by atoms with Crippen LogP contribution >= 0.6 is 0 Å². The van der Waals surface area contributed by atoms with Crippen molar-refractivity contribution >= 4 is 0 Å². The molecule has 0 radical (unpaired) electrons. The van der Waals surface area contributed by atoms with E-state index < -0.39 is 11.6 Å². The lowest BCUT2D eigenvalue weighted by atomic mass is 9.75. The number of hydrogen-bond acceptors (Lipinski definition) is 5. The lowest BCUT2D eigenvalue weighted by molar-refractivity contribution is 0.247. The van der Waals surface area contributed by atoms with E-state index in [1.807, 2.05) is 19.1 Å². The SMILES string of the molecule is CCc1cc(C2COc3cc(O)c(C)cc3C2c2ccc(O)c(F)c2)cc(OC)c1O. The van der Waals surface area contributed by atoms with Crippen molar-refractivity contribution in [1.82, 2.24) is 0 Å². The molecule has 0 spiro atoms. The van der Waals surface area contributed by atoms with Gasteiger partial charge in [-0.05, 0) is 59.9 Å². The molecule has 1 heterocycles. The topological polar surface area (TPSA) is 79.2 Å². The Labute approximate surface area is 180 Å². The second kappa shape index (κ2) is 8.02. The van der Waals surface area contributed by atoms with E-state index >= 15 is 0 Å². The van der Waals surface area contributed by atoms with E-state index in [9.17, 15) is 19.7 Å². The molecule has 0 fully saturated rings. The van der Waals surface area contributed by atoms with Gasteiger partial charge in [-0.2, -0.15) is 0 Å². The summed E-state index contributed by atoms with van der Waals surface area (Å²) < 4.78 is 25.7. The summed E-state index contributed by atoms with van der Waals surface area (Å²) in [5.74, 6) is -0.452. The van der Waals surface area contributed by atoms with Gasteiger partial charge >= 0.3 is 0 Å². The standard InChI is InChI=1S/C25H25FO5/c1-4-14-8-16(10-23(30-3)25(14)29)18-12-31-22-11-21(28)13(2)7-17(22)24(18)15-5-6-20(27)19(26)9-15/h5-11,18,24,27-29H,4,12H2,1-3H3.